The SMILES string of the molecule is CCCNC(C)c1cnc(C(C)(CC)OCC)s1. The summed E-state index contributed by atoms with van der Waals surface area (Å²) < 4.78 is 5.87. The molecule has 0 amide bonds. The molecule has 1 aromatic rings. The normalized spacial score (nSPS) is 16.5. The molecule has 0 fully saturated rings. The van der Waals surface area contributed by atoms with Crippen molar-refractivity contribution in [1.29, 1.82) is 0 Å². The number of nitrogens with zero attached hydrogens (tertiary/aromatic N) is 1. The third-order valence-corrected chi connectivity index (χ3v) is 4.67. The second kappa shape index (κ2) is 7.22. The fourth-order valence-electron chi connectivity index (χ4n) is 1.83. The first-order valence-electron chi connectivity index (χ1n) is 6.90. The molecule has 3 nitrogen and oxygen atoms in total. The molecule has 1 N–H and O–H groups in total. The highest BCUT2D eigenvalue weighted by molar-refractivity contribution is 7.11. The van der Waals surface area contributed by atoms with Crippen molar-refractivity contribution in [2.45, 2.75) is 59.1 Å². The Morgan fingerprint density at radius 1 is 1.44 bits per heavy atom. The molecule has 18 heavy (non-hydrogen) atoms. The van der Waals surface area contributed by atoms with Crippen molar-refractivity contribution in [3.8, 4) is 0 Å². The van der Waals surface area contributed by atoms with E-state index in [9.17, 15) is 0 Å². The minimum absolute atomic E-state index is 0.234. The van der Waals surface area contributed by atoms with Gasteiger partial charge in [0.05, 0.1) is 0 Å². The minimum atomic E-state index is -0.234. The number of hydrogen-bond donors (Lipinski definition) is 1. The summed E-state index contributed by atoms with van der Waals surface area (Å²) >= 11 is 1.76. The summed E-state index contributed by atoms with van der Waals surface area (Å²) in [5.41, 5.74) is -0.234. The third-order valence-electron chi connectivity index (χ3n) is 3.24. The van der Waals surface area contributed by atoms with Gasteiger partial charge >= 0.3 is 0 Å². The molecule has 0 aliphatic carbocycles. The topological polar surface area (TPSA) is 34.2 Å². The maximum atomic E-state index is 5.87. The fourth-order valence-corrected chi connectivity index (χ4v) is 2.94. The van der Waals surface area contributed by atoms with Gasteiger partial charge in [0.25, 0.3) is 0 Å². The molecule has 0 aliphatic heterocycles. The molecule has 2 unspecified atom stereocenters. The van der Waals surface area contributed by atoms with Crippen molar-refractivity contribution >= 4 is 11.3 Å². The largest absolute Gasteiger partial charge is 0.368 e. The van der Waals surface area contributed by atoms with Crippen molar-refractivity contribution in [2.75, 3.05) is 13.2 Å². The number of rotatable bonds is 8. The molecule has 2 atom stereocenters. The van der Waals surface area contributed by atoms with Crippen LogP contribution in [0, 0.1) is 0 Å². The Bertz CT molecular complexity index is 353. The maximum absolute atomic E-state index is 5.87. The van der Waals surface area contributed by atoms with Crippen LogP contribution in [0.25, 0.3) is 0 Å². The molecule has 0 aliphatic rings. The third kappa shape index (κ3) is 3.77. The van der Waals surface area contributed by atoms with Crippen molar-refractivity contribution in [2.24, 2.45) is 0 Å². The van der Waals surface area contributed by atoms with Gasteiger partial charge in [0, 0.05) is 23.7 Å². The van der Waals surface area contributed by atoms with Crippen LogP contribution in [0.5, 0.6) is 0 Å². The Balaban J connectivity index is 2.78. The number of thiazole rings is 1. The molecular weight excluding hydrogens is 244 g/mol. The molecule has 0 spiro atoms. The molecule has 0 saturated heterocycles. The summed E-state index contributed by atoms with van der Waals surface area (Å²) in [4.78, 5) is 5.85. The van der Waals surface area contributed by atoms with Crippen LogP contribution in [-0.4, -0.2) is 18.1 Å². The standard InChI is InChI=1S/C14H26N2OS/c1-6-9-15-11(4)12-10-16-13(18-12)14(5,7-2)17-8-3/h10-11,15H,6-9H2,1-5H3. The van der Waals surface area contributed by atoms with Crippen LogP contribution in [0.1, 0.15) is 63.4 Å². The summed E-state index contributed by atoms with van der Waals surface area (Å²) in [6, 6.07) is 0.374. The van der Waals surface area contributed by atoms with Gasteiger partial charge in [-0.05, 0) is 40.2 Å². The van der Waals surface area contributed by atoms with Gasteiger partial charge in [0.2, 0.25) is 0 Å². The zero-order valence-electron chi connectivity index (χ0n) is 12.2. The Morgan fingerprint density at radius 2 is 2.17 bits per heavy atom. The van der Waals surface area contributed by atoms with E-state index in [2.05, 4.69) is 38.0 Å². The van der Waals surface area contributed by atoms with E-state index < -0.39 is 0 Å². The van der Waals surface area contributed by atoms with Crippen molar-refractivity contribution in [3.05, 3.63) is 16.1 Å². The zero-order chi connectivity index (χ0) is 13.6. The highest BCUT2D eigenvalue weighted by atomic mass is 32.1. The van der Waals surface area contributed by atoms with Crippen molar-refractivity contribution < 1.29 is 4.74 Å². The van der Waals surface area contributed by atoms with E-state index in [-0.39, 0.29) is 5.60 Å². The zero-order valence-corrected chi connectivity index (χ0v) is 13.1. The molecule has 0 radical (unpaired) electrons. The lowest BCUT2D eigenvalue weighted by atomic mass is 10.1. The van der Waals surface area contributed by atoms with Gasteiger partial charge in [0.1, 0.15) is 10.6 Å². The molecule has 1 aromatic heterocycles. The monoisotopic (exact) mass is 270 g/mol. The van der Waals surface area contributed by atoms with Gasteiger partial charge in [-0.15, -0.1) is 11.3 Å². The van der Waals surface area contributed by atoms with Gasteiger partial charge < -0.3 is 10.1 Å². The average molecular weight is 270 g/mol. The Kier molecular flexibility index (Phi) is 6.26. The van der Waals surface area contributed by atoms with Gasteiger partial charge in [-0.1, -0.05) is 13.8 Å². The van der Waals surface area contributed by atoms with Gasteiger partial charge in [-0.25, -0.2) is 4.98 Å². The summed E-state index contributed by atoms with van der Waals surface area (Å²) in [5, 5.41) is 4.58. The van der Waals surface area contributed by atoms with E-state index in [1.54, 1.807) is 11.3 Å². The van der Waals surface area contributed by atoms with Crippen molar-refractivity contribution in [3.63, 3.8) is 0 Å². The lowest BCUT2D eigenvalue weighted by Gasteiger charge is -2.25. The smallest absolute Gasteiger partial charge is 0.125 e. The summed E-state index contributed by atoms with van der Waals surface area (Å²) in [6.07, 6.45) is 4.09. The van der Waals surface area contributed by atoms with Gasteiger partial charge in [0.15, 0.2) is 0 Å². The maximum Gasteiger partial charge on any atom is 0.125 e. The number of aromatic nitrogens is 1. The fraction of sp³-hybridized carbons (Fsp3) is 0.786. The first kappa shape index (κ1) is 15.6. The van der Waals surface area contributed by atoms with Gasteiger partial charge in [-0.2, -0.15) is 0 Å². The van der Waals surface area contributed by atoms with Gasteiger partial charge in [-0.3, -0.25) is 0 Å². The van der Waals surface area contributed by atoms with E-state index >= 15 is 0 Å². The summed E-state index contributed by atoms with van der Waals surface area (Å²) in [6.45, 7) is 12.5. The summed E-state index contributed by atoms with van der Waals surface area (Å²) in [5.74, 6) is 0. The van der Waals surface area contributed by atoms with Crippen LogP contribution < -0.4 is 5.32 Å². The Morgan fingerprint density at radius 3 is 2.72 bits per heavy atom. The van der Waals surface area contributed by atoms with Crippen LogP contribution >= 0.6 is 11.3 Å². The van der Waals surface area contributed by atoms with Crippen LogP contribution in [0.2, 0.25) is 0 Å². The Hall–Kier alpha value is -0.450. The number of hydrogen-bond acceptors (Lipinski definition) is 4. The van der Waals surface area contributed by atoms with E-state index in [1.165, 1.54) is 4.88 Å². The average Bonchev–Trinajstić information content (AvgIpc) is 2.86. The van der Waals surface area contributed by atoms with Crippen LogP contribution in [0.4, 0.5) is 0 Å². The molecular formula is C14H26N2OS. The second-order valence-electron chi connectivity index (χ2n) is 4.76. The van der Waals surface area contributed by atoms with Crippen LogP contribution in [0.15, 0.2) is 6.20 Å². The van der Waals surface area contributed by atoms with E-state index in [4.69, 9.17) is 4.74 Å². The highest BCUT2D eigenvalue weighted by Crippen LogP contribution is 2.33. The quantitative estimate of drug-likeness (QED) is 0.778. The van der Waals surface area contributed by atoms with E-state index in [1.807, 2.05) is 13.1 Å². The molecule has 0 bridgehead atoms. The lowest BCUT2D eigenvalue weighted by molar-refractivity contribution is -0.0324. The number of nitrogens with one attached hydrogen (secondary N) is 1. The van der Waals surface area contributed by atoms with E-state index in [0.717, 1.165) is 31.0 Å². The molecule has 1 heterocycles. The predicted molar refractivity (Wildman–Crippen MR) is 78.1 cm³/mol. The first-order chi connectivity index (χ1) is 8.57. The molecule has 0 saturated carbocycles. The predicted octanol–water partition coefficient (Wildman–Crippen LogP) is 3.87. The first-order valence-corrected chi connectivity index (χ1v) is 7.72. The molecule has 0 aromatic carbocycles. The number of ether oxygens (including phenoxy) is 1. The molecule has 104 valence electrons. The lowest BCUT2D eigenvalue weighted by Crippen LogP contribution is -2.24. The van der Waals surface area contributed by atoms with E-state index in [0.29, 0.717) is 6.04 Å². The Labute approximate surface area is 115 Å². The minimum Gasteiger partial charge on any atom is -0.368 e. The van der Waals surface area contributed by atoms with Crippen molar-refractivity contribution in [1.82, 2.24) is 10.3 Å². The van der Waals surface area contributed by atoms with Crippen LogP contribution in [-0.2, 0) is 10.3 Å². The molecule has 1 rings (SSSR count). The highest BCUT2D eigenvalue weighted by Gasteiger charge is 2.29. The molecule has 4 heteroatoms. The summed E-state index contributed by atoms with van der Waals surface area (Å²) in [7, 11) is 0. The van der Waals surface area contributed by atoms with Crippen LogP contribution in [0.3, 0.4) is 0 Å². The second-order valence-corrected chi connectivity index (χ2v) is 5.82.